The van der Waals surface area contributed by atoms with Gasteiger partial charge in [0.15, 0.2) is 0 Å². The lowest BCUT2D eigenvalue weighted by atomic mass is 10.1. The van der Waals surface area contributed by atoms with Crippen LogP contribution >= 0.6 is 11.6 Å². The molecule has 82 valence electrons. The van der Waals surface area contributed by atoms with Crippen molar-refractivity contribution in [3.63, 3.8) is 0 Å². The van der Waals surface area contributed by atoms with Crippen molar-refractivity contribution in [1.82, 2.24) is 9.97 Å². The molecule has 3 heteroatoms. The molecule has 1 aromatic carbocycles. The topological polar surface area (TPSA) is 25.8 Å². The van der Waals surface area contributed by atoms with E-state index >= 15 is 0 Å². The number of rotatable bonds is 2. The van der Waals surface area contributed by atoms with Crippen LogP contribution in [0, 0.1) is 0 Å². The van der Waals surface area contributed by atoms with Gasteiger partial charge in [-0.2, -0.15) is 0 Å². The van der Waals surface area contributed by atoms with Crippen molar-refractivity contribution in [3.05, 3.63) is 47.5 Å². The SMILES string of the molecule is CC(C)c1ncc(-c2ccc(Cl)cc2)cn1. The van der Waals surface area contributed by atoms with Crippen molar-refractivity contribution < 1.29 is 0 Å². The van der Waals surface area contributed by atoms with E-state index in [-0.39, 0.29) is 0 Å². The molecule has 0 unspecified atom stereocenters. The largest absolute Gasteiger partial charge is 0.240 e. The van der Waals surface area contributed by atoms with Gasteiger partial charge in [0, 0.05) is 28.9 Å². The van der Waals surface area contributed by atoms with Crippen LogP contribution in [0.15, 0.2) is 36.7 Å². The Balaban J connectivity index is 2.31. The zero-order valence-corrected chi connectivity index (χ0v) is 10.1. The Labute approximate surface area is 100 Å². The summed E-state index contributed by atoms with van der Waals surface area (Å²) < 4.78 is 0. The third-order valence-electron chi connectivity index (χ3n) is 2.37. The lowest BCUT2D eigenvalue weighted by Crippen LogP contribution is -1.96. The summed E-state index contributed by atoms with van der Waals surface area (Å²) in [5.41, 5.74) is 2.10. The minimum atomic E-state index is 0.360. The second kappa shape index (κ2) is 4.62. The van der Waals surface area contributed by atoms with E-state index in [2.05, 4.69) is 23.8 Å². The fourth-order valence-corrected chi connectivity index (χ4v) is 1.55. The molecule has 1 aromatic heterocycles. The summed E-state index contributed by atoms with van der Waals surface area (Å²) in [5, 5.41) is 0.739. The van der Waals surface area contributed by atoms with Crippen molar-refractivity contribution in [1.29, 1.82) is 0 Å². The van der Waals surface area contributed by atoms with Crippen LogP contribution in [0.5, 0.6) is 0 Å². The first-order valence-corrected chi connectivity index (χ1v) is 5.62. The second-order valence-corrected chi connectivity index (χ2v) is 4.43. The van der Waals surface area contributed by atoms with Crippen LogP contribution in [0.4, 0.5) is 0 Å². The summed E-state index contributed by atoms with van der Waals surface area (Å²) in [6.45, 7) is 4.16. The first kappa shape index (κ1) is 11.1. The molecule has 0 aliphatic rings. The van der Waals surface area contributed by atoms with E-state index in [1.807, 2.05) is 36.7 Å². The number of hydrogen-bond acceptors (Lipinski definition) is 2. The lowest BCUT2D eigenvalue weighted by Gasteiger charge is -2.05. The molecule has 1 heterocycles. The van der Waals surface area contributed by atoms with Gasteiger partial charge in [-0.05, 0) is 17.7 Å². The average molecular weight is 233 g/mol. The fraction of sp³-hybridized carbons (Fsp3) is 0.231. The predicted octanol–water partition coefficient (Wildman–Crippen LogP) is 3.92. The number of hydrogen-bond donors (Lipinski definition) is 0. The van der Waals surface area contributed by atoms with Gasteiger partial charge in [-0.1, -0.05) is 37.6 Å². The molecule has 0 amide bonds. The van der Waals surface area contributed by atoms with Crippen LogP contribution in [0.3, 0.4) is 0 Å². The Hall–Kier alpha value is -1.41. The number of halogens is 1. The fourth-order valence-electron chi connectivity index (χ4n) is 1.43. The second-order valence-electron chi connectivity index (χ2n) is 3.99. The van der Waals surface area contributed by atoms with Crippen LogP contribution in [-0.2, 0) is 0 Å². The monoisotopic (exact) mass is 232 g/mol. The predicted molar refractivity (Wildman–Crippen MR) is 66.6 cm³/mol. The summed E-state index contributed by atoms with van der Waals surface area (Å²) >= 11 is 5.83. The maximum atomic E-state index is 5.83. The van der Waals surface area contributed by atoms with Crippen LogP contribution < -0.4 is 0 Å². The van der Waals surface area contributed by atoms with Crippen molar-refractivity contribution in [2.24, 2.45) is 0 Å². The summed E-state index contributed by atoms with van der Waals surface area (Å²) in [4.78, 5) is 8.67. The van der Waals surface area contributed by atoms with Gasteiger partial charge in [0.1, 0.15) is 5.82 Å². The molecule has 0 fully saturated rings. The molecule has 0 aliphatic carbocycles. The molecular formula is C13H13ClN2. The molecule has 2 aromatic rings. The zero-order valence-electron chi connectivity index (χ0n) is 9.31. The highest BCUT2D eigenvalue weighted by molar-refractivity contribution is 6.30. The Morgan fingerprint density at radius 3 is 2.00 bits per heavy atom. The quantitative estimate of drug-likeness (QED) is 0.784. The molecule has 0 N–H and O–H groups in total. The van der Waals surface area contributed by atoms with Gasteiger partial charge in [-0.15, -0.1) is 0 Å². The molecule has 0 bridgehead atoms. The Bertz CT molecular complexity index is 460. The van der Waals surface area contributed by atoms with Gasteiger partial charge < -0.3 is 0 Å². The summed E-state index contributed by atoms with van der Waals surface area (Å²) in [6.07, 6.45) is 3.71. The van der Waals surface area contributed by atoms with Gasteiger partial charge in [0.2, 0.25) is 0 Å². The van der Waals surface area contributed by atoms with Crippen LogP contribution in [0.1, 0.15) is 25.6 Å². The average Bonchev–Trinajstić information content (AvgIpc) is 2.30. The normalized spacial score (nSPS) is 10.8. The van der Waals surface area contributed by atoms with E-state index in [4.69, 9.17) is 11.6 Å². The summed E-state index contributed by atoms with van der Waals surface area (Å²) in [5.74, 6) is 1.23. The first-order valence-electron chi connectivity index (χ1n) is 5.24. The maximum absolute atomic E-state index is 5.83. The summed E-state index contributed by atoms with van der Waals surface area (Å²) in [6, 6.07) is 7.67. The molecule has 0 spiro atoms. The van der Waals surface area contributed by atoms with Crippen molar-refractivity contribution in [2.45, 2.75) is 19.8 Å². The van der Waals surface area contributed by atoms with Crippen molar-refractivity contribution in [3.8, 4) is 11.1 Å². The number of aromatic nitrogens is 2. The van der Waals surface area contributed by atoms with E-state index in [9.17, 15) is 0 Å². The van der Waals surface area contributed by atoms with E-state index in [1.54, 1.807) is 0 Å². The van der Waals surface area contributed by atoms with Gasteiger partial charge in [-0.3, -0.25) is 0 Å². The number of benzene rings is 1. The van der Waals surface area contributed by atoms with E-state index < -0.39 is 0 Å². The highest BCUT2D eigenvalue weighted by Crippen LogP contribution is 2.20. The Morgan fingerprint density at radius 1 is 0.938 bits per heavy atom. The molecule has 0 aliphatic heterocycles. The summed E-state index contributed by atoms with van der Waals surface area (Å²) in [7, 11) is 0. The van der Waals surface area contributed by atoms with Gasteiger partial charge >= 0.3 is 0 Å². The highest BCUT2D eigenvalue weighted by atomic mass is 35.5. The van der Waals surface area contributed by atoms with Gasteiger partial charge in [-0.25, -0.2) is 9.97 Å². The Morgan fingerprint density at radius 2 is 1.50 bits per heavy atom. The lowest BCUT2D eigenvalue weighted by molar-refractivity contribution is 0.775. The van der Waals surface area contributed by atoms with Gasteiger partial charge in [0.25, 0.3) is 0 Å². The minimum Gasteiger partial charge on any atom is -0.240 e. The first-order chi connectivity index (χ1) is 7.66. The maximum Gasteiger partial charge on any atom is 0.130 e. The van der Waals surface area contributed by atoms with Crippen LogP contribution in [0.25, 0.3) is 11.1 Å². The third-order valence-corrected chi connectivity index (χ3v) is 2.62. The molecule has 2 rings (SSSR count). The highest BCUT2D eigenvalue weighted by Gasteiger charge is 2.03. The van der Waals surface area contributed by atoms with E-state index in [0.29, 0.717) is 5.92 Å². The van der Waals surface area contributed by atoms with Crippen molar-refractivity contribution >= 4 is 11.6 Å². The molecule has 0 saturated heterocycles. The van der Waals surface area contributed by atoms with Crippen LogP contribution in [-0.4, -0.2) is 9.97 Å². The van der Waals surface area contributed by atoms with E-state index in [0.717, 1.165) is 22.0 Å². The standard InChI is InChI=1S/C13H13ClN2/c1-9(2)13-15-7-11(8-16-13)10-3-5-12(14)6-4-10/h3-9H,1-2H3. The number of nitrogens with zero attached hydrogens (tertiary/aromatic N) is 2. The van der Waals surface area contributed by atoms with Crippen LogP contribution in [0.2, 0.25) is 5.02 Å². The molecule has 2 nitrogen and oxygen atoms in total. The van der Waals surface area contributed by atoms with Crippen molar-refractivity contribution in [2.75, 3.05) is 0 Å². The Kier molecular flexibility index (Phi) is 3.20. The third kappa shape index (κ3) is 2.39. The minimum absolute atomic E-state index is 0.360. The molecule has 0 saturated carbocycles. The van der Waals surface area contributed by atoms with E-state index in [1.165, 1.54) is 0 Å². The van der Waals surface area contributed by atoms with Gasteiger partial charge in [0.05, 0.1) is 0 Å². The smallest absolute Gasteiger partial charge is 0.130 e. The molecule has 0 radical (unpaired) electrons. The molecular weight excluding hydrogens is 220 g/mol. The molecule has 0 atom stereocenters. The molecule has 16 heavy (non-hydrogen) atoms. The zero-order chi connectivity index (χ0) is 11.5.